The lowest BCUT2D eigenvalue weighted by molar-refractivity contribution is -0.137. The normalized spacial score (nSPS) is 11.3. The van der Waals surface area contributed by atoms with Crippen LogP contribution in [0.2, 0.25) is 0 Å². The molecule has 0 aliphatic rings. The molecule has 0 unspecified atom stereocenters. The van der Waals surface area contributed by atoms with Crippen molar-refractivity contribution in [2.75, 3.05) is 39.8 Å². The highest BCUT2D eigenvalue weighted by molar-refractivity contribution is 5.89. The Morgan fingerprint density at radius 1 is 1.00 bits per heavy atom. The number of rotatable bonds is 11. The second-order valence-electron chi connectivity index (χ2n) is 8.12. The largest absolute Gasteiger partial charge is 0.497 e. The lowest BCUT2D eigenvalue weighted by Gasteiger charge is -2.24. The average molecular weight is 506 g/mol. The lowest BCUT2D eigenvalue weighted by atomic mass is 10.1. The van der Waals surface area contributed by atoms with Crippen molar-refractivity contribution in [2.45, 2.75) is 25.7 Å². The van der Waals surface area contributed by atoms with Crippen molar-refractivity contribution in [2.24, 2.45) is 0 Å². The van der Waals surface area contributed by atoms with Crippen molar-refractivity contribution >= 4 is 11.7 Å². The van der Waals surface area contributed by atoms with Gasteiger partial charge in [-0.05, 0) is 36.2 Å². The summed E-state index contributed by atoms with van der Waals surface area (Å²) in [7, 11) is 4.64. The molecular weight excluding hydrogens is 475 g/mol. The summed E-state index contributed by atoms with van der Waals surface area (Å²) in [6.45, 7) is 1.38. The number of benzene rings is 2. The molecule has 0 atom stereocenters. The van der Waals surface area contributed by atoms with E-state index in [0.29, 0.717) is 42.3 Å². The number of halogens is 3. The Kier molecular flexibility index (Phi) is 9.24. The van der Waals surface area contributed by atoms with Gasteiger partial charge in [0.25, 0.3) is 0 Å². The standard InChI is InChI=1S/C26H30F3N3O4/c1-34-12-6-11-32(25(33)30-21-14-23(35-2)16-24(15-21)36-3)18-22-9-5-10-31(22)17-19-7-4-8-20(13-19)26(27,28)29/h4-5,7-10,13-16H,6,11-12,17-18H2,1-3H3,(H,30,33). The molecule has 194 valence electrons. The Bertz CT molecular complexity index is 1130. The van der Waals surface area contributed by atoms with Crippen molar-refractivity contribution in [3.05, 3.63) is 77.6 Å². The van der Waals surface area contributed by atoms with Gasteiger partial charge in [0.05, 0.1) is 26.3 Å². The molecule has 3 aromatic rings. The third kappa shape index (κ3) is 7.42. The van der Waals surface area contributed by atoms with E-state index in [1.165, 1.54) is 20.3 Å². The molecule has 1 aromatic heterocycles. The number of methoxy groups -OCH3 is 3. The zero-order valence-electron chi connectivity index (χ0n) is 20.5. The first-order valence-electron chi connectivity index (χ1n) is 11.3. The van der Waals surface area contributed by atoms with Crippen LogP contribution >= 0.6 is 0 Å². The minimum atomic E-state index is -4.41. The SMILES string of the molecule is COCCCN(Cc1cccn1Cc1cccc(C(F)(F)F)c1)C(=O)Nc1cc(OC)cc(OC)c1. The Balaban J connectivity index is 1.78. The summed E-state index contributed by atoms with van der Waals surface area (Å²) in [5, 5.41) is 2.88. The fourth-order valence-corrected chi connectivity index (χ4v) is 3.72. The van der Waals surface area contributed by atoms with E-state index >= 15 is 0 Å². The van der Waals surface area contributed by atoms with Crippen LogP contribution in [0.1, 0.15) is 23.2 Å². The first-order chi connectivity index (χ1) is 17.2. The Morgan fingerprint density at radius 3 is 2.36 bits per heavy atom. The fraction of sp³-hybridized carbons (Fsp3) is 0.346. The number of nitrogens with one attached hydrogen (secondary N) is 1. The monoisotopic (exact) mass is 505 g/mol. The van der Waals surface area contributed by atoms with Crippen molar-refractivity contribution < 1.29 is 32.2 Å². The van der Waals surface area contributed by atoms with Gasteiger partial charge in [-0.2, -0.15) is 13.2 Å². The molecule has 1 N–H and O–H groups in total. The summed E-state index contributed by atoms with van der Waals surface area (Å²) < 4.78 is 56.9. The highest BCUT2D eigenvalue weighted by Gasteiger charge is 2.30. The van der Waals surface area contributed by atoms with Crippen molar-refractivity contribution in [1.82, 2.24) is 9.47 Å². The lowest BCUT2D eigenvalue weighted by Crippen LogP contribution is -2.36. The number of anilines is 1. The maximum atomic E-state index is 13.2. The van der Waals surface area contributed by atoms with Crippen LogP contribution in [-0.2, 0) is 24.0 Å². The number of nitrogens with zero attached hydrogens (tertiary/aromatic N) is 2. The molecule has 3 rings (SSSR count). The molecule has 36 heavy (non-hydrogen) atoms. The molecule has 1 heterocycles. The van der Waals surface area contributed by atoms with E-state index in [2.05, 4.69) is 5.32 Å². The van der Waals surface area contributed by atoms with E-state index in [1.54, 1.807) is 48.5 Å². The molecular formula is C26H30F3N3O4. The molecule has 0 fully saturated rings. The van der Waals surface area contributed by atoms with Crippen LogP contribution in [0.25, 0.3) is 0 Å². The van der Waals surface area contributed by atoms with E-state index in [9.17, 15) is 18.0 Å². The van der Waals surface area contributed by atoms with Gasteiger partial charge < -0.3 is 29.0 Å². The predicted octanol–water partition coefficient (Wildman–Crippen LogP) is 5.64. The van der Waals surface area contributed by atoms with Gasteiger partial charge in [0.15, 0.2) is 0 Å². The van der Waals surface area contributed by atoms with E-state index in [0.717, 1.165) is 17.8 Å². The van der Waals surface area contributed by atoms with Crippen LogP contribution < -0.4 is 14.8 Å². The van der Waals surface area contributed by atoms with Gasteiger partial charge >= 0.3 is 12.2 Å². The van der Waals surface area contributed by atoms with E-state index in [1.807, 2.05) is 10.6 Å². The smallest absolute Gasteiger partial charge is 0.416 e. The second kappa shape index (κ2) is 12.3. The average Bonchev–Trinajstić information content (AvgIpc) is 3.29. The van der Waals surface area contributed by atoms with Gasteiger partial charge in [0, 0.05) is 62.6 Å². The summed E-state index contributed by atoms with van der Waals surface area (Å²) in [4.78, 5) is 14.8. The van der Waals surface area contributed by atoms with Gasteiger partial charge in [-0.1, -0.05) is 12.1 Å². The molecule has 10 heteroatoms. The van der Waals surface area contributed by atoms with E-state index in [4.69, 9.17) is 14.2 Å². The van der Waals surface area contributed by atoms with E-state index < -0.39 is 11.7 Å². The molecule has 0 radical (unpaired) electrons. The fourth-order valence-electron chi connectivity index (χ4n) is 3.72. The van der Waals surface area contributed by atoms with E-state index in [-0.39, 0.29) is 19.1 Å². The molecule has 0 saturated heterocycles. The molecule has 2 amide bonds. The number of alkyl halides is 3. The van der Waals surface area contributed by atoms with Gasteiger partial charge in [-0.15, -0.1) is 0 Å². The van der Waals surface area contributed by atoms with Crippen LogP contribution in [0.4, 0.5) is 23.7 Å². The first kappa shape index (κ1) is 26.9. The number of amides is 2. The molecule has 2 aromatic carbocycles. The molecule has 0 bridgehead atoms. The number of hydrogen-bond acceptors (Lipinski definition) is 4. The number of ether oxygens (including phenoxy) is 3. The molecule has 0 aliphatic heterocycles. The van der Waals surface area contributed by atoms with Gasteiger partial charge in [-0.3, -0.25) is 0 Å². The summed E-state index contributed by atoms with van der Waals surface area (Å²) in [6, 6.07) is 13.6. The topological polar surface area (TPSA) is 65.0 Å². The van der Waals surface area contributed by atoms with Gasteiger partial charge in [-0.25, -0.2) is 4.79 Å². The zero-order chi connectivity index (χ0) is 26.1. The molecule has 7 nitrogen and oxygen atoms in total. The van der Waals surface area contributed by atoms with Crippen molar-refractivity contribution in [3.63, 3.8) is 0 Å². The second-order valence-corrected chi connectivity index (χ2v) is 8.12. The minimum Gasteiger partial charge on any atom is -0.497 e. The first-order valence-corrected chi connectivity index (χ1v) is 11.3. The minimum absolute atomic E-state index is 0.243. The summed E-state index contributed by atoms with van der Waals surface area (Å²) in [6.07, 6.45) is -2.01. The molecule has 0 saturated carbocycles. The Morgan fingerprint density at radius 2 is 1.72 bits per heavy atom. The quantitative estimate of drug-likeness (QED) is 0.343. The third-order valence-corrected chi connectivity index (χ3v) is 5.55. The Hall–Kier alpha value is -3.66. The van der Waals surface area contributed by atoms with Crippen LogP contribution in [0.15, 0.2) is 60.8 Å². The van der Waals surface area contributed by atoms with Crippen molar-refractivity contribution in [3.8, 4) is 11.5 Å². The highest BCUT2D eigenvalue weighted by atomic mass is 19.4. The third-order valence-electron chi connectivity index (χ3n) is 5.55. The van der Waals surface area contributed by atoms with Crippen LogP contribution in [0.5, 0.6) is 11.5 Å². The number of urea groups is 1. The molecule has 0 aliphatic carbocycles. The Labute approximate surface area is 208 Å². The summed E-state index contributed by atoms with van der Waals surface area (Å²) in [5.41, 5.74) is 1.11. The zero-order valence-corrected chi connectivity index (χ0v) is 20.5. The number of aromatic nitrogens is 1. The number of carbonyl (C=O) groups excluding carboxylic acids is 1. The highest BCUT2D eigenvalue weighted by Crippen LogP contribution is 2.30. The van der Waals surface area contributed by atoms with Crippen LogP contribution in [-0.4, -0.2) is 50.0 Å². The maximum Gasteiger partial charge on any atom is 0.416 e. The maximum absolute atomic E-state index is 13.2. The number of hydrogen-bond donors (Lipinski definition) is 1. The van der Waals surface area contributed by atoms with Crippen molar-refractivity contribution in [1.29, 1.82) is 0 Å². The molecule has 0 spiro atoms. The predicted molar refractivity (Wildman–Crippen MR) is 130 cm³/mol. The summed E-state index contributed by atoms with van der Waals surface area (Å²) in [5.74, 6) is 1.07. The van der Waals surface area contributed by atoms with Gasteiger partial charge in [0.1, 0.15) is 11.5 Å². The number of carbonyl (C=O) groups is 1. The summed E-state index contributed by atoms with van der Waals surface area (Å²) >= 11 is 0. The van der Waals surface area contributed by atoms with Gasteiger partial charge in [0.2, 0.25) is 0 Å². The van der Waals surface area contributed by atoms with Crippen LogP contribution in [0.3, 0.4) is 0 Å². The van der Waals surface area contributed by atoms with Crippen LogP contribution in [0, 0.1) is 0 Å².